The number of likely N-dealkylation sites (tertiary alicyclic amines) is 1. The van der Waals surface area contributed by atoms with Gasteiger partial charge < -0.3 is 5.32 Å². The first-order chi connectivity index (χ1) is 7.31. The third-order valence-electron chi connectivity index (χ3n) is 3.52. The Morgan fingerprint density at radius 1 is 1.47 bits per heavy atom. The minimum absolute atomic E-state index is 0.893. The second-order valence-corrected chi connectivity index (χ2v) is 5.79. The summed E-state index contributed by atoms with van der Waals surface area (Å²) in [5, 5.41) is 6.85. The standard InChI is InChI=1S/C11H17N3S/c1-8-13-11(7-15-8)6-14-4-9-2-12-3-10(9)5-14/h7,9-10,12H,2-6H2,1H3/t9-,10+. The van der Waals surface area contributed by atoms with Crippen molar-refractivity contribution in [1.29, 1.82) is 0 Å². The van der Waals surface area contributed by atoms with Gasteiger partial charge in [0.2, 0.25) is 0 Å². The molecule has 4 heteroatoms. The van der Waals surface area contributed by atoms with Crippen LogP contribution < -0.4 is 5.32 Å². The van der Waals surface area contributed by atoms with E-state index < -0.39 is 0 Å². The van der Waals surface area contributed by atoms with Crippen molar-refractivity contribution in [1.82, 2.24) is 15.2 Å². The van der Waals surface area contributed by atoms with Crippen LogP contribution in [-0.2, 0) is 6.54 Å². The molecule has 1 aromatic rings. The normalized spacial score (nSPS) is 31.0. The zero-order valence-electron chi connectivity index (χ0n) is 9.07. The van der Waals surface area contributed by atoms with E-state index in [1.807, 2.05) is 0 Å². The quantitative estimate of drug-likeness (QED) is 0.814. The molecule has 3 nitrogen and oxygen atoms in total. The van der Waals surface area contributed by atoms with Crippen LogP contribution in [0.1, 0.15) is 10.7 Å². The maximum atomic E-state index is 4.53. The molecule has 2 saturated heterocycles. The minimum Gasteiger partial charge on any atom is -0.316 e. The molecule has 3 rings (SSSR count). The Labute approximate surface area is 94.5 Å². The summed E-state index contributed by atoms with van der Waals surface area (Å²) in [5.74, 6) is 1.79. The molecule has 0 saturated carbocycles. The molecule has 82 valence electrons. The van der Waals surface area contributed by atoms with E-state index in [1.165, 1.54) is 36.9 Å². The second-order valence-electron chi connectivity index (χ2n) is 4.73. The summed E-state index contributed by atoms with van der Waals surface area (Å²) in [6.45, 7) is 8.09. The van der Waals surface area contributed by atoms with Crippen molar-refractivity contribution < 1.29 is 0 Å². The zero-order valence-corrected chi connectivity index (χ0v) is 9.89. The molecule has 2 atom stereocenters. The van der Waals surface area contributed by atoms with Crippen LogP contribution in [0.25, 0.3) is 0 Å². The van der Waals surface area contributed by atoms with Crippen molar-refractivity contribution in [3.63, 3.8) is 0 Å². The van der Waals surface area contributed by atoms with Crippen molar-refractivity contribution >= 4 is 11.3 Å². The molecular weight excluding hydrogens is 206 g/mol. The van der Waals surface area contributed by atoms with Gasteiger partial charge in [0, 0.05) is 25.0 Å². The molecule has 2 aliphatic rings. The van der Waals surface area contributed by atoms with Crippen LogP contribution in [0.15, 0.2) is 5.38 Å². The van der Waals surface area contributed by atoms with Crippen molar-refractivity contribution in [2.75, 3.05) is 26.2 Å². The summed E-state index contributed by atoms with van der Waals surface area (Å²) in [7, 11) is 0. The van der Waals surface area contributed by atoms with E-state index in [0.29, 0.717) is 0 Å². The Morgan fingerprint density at radius 3 is 2.80 bits per heavy atom. The molecule has 2 fully saturated rings. The SMILES string of the molecule is Cc1nc(CN2C[C@H]3CNC[C@H]3C2)cs1. The lowest BCUT2D eigenvalue weighted by molar-refractivity contribution is 0.302. The van der Waals surface area contributed by atoms with Crippen molar-refractivity contribution in [2.24, 2.45) is 11.8 Å². The molecule has 15 heavy (non-hydrogen) atoms. The predicted molar refractivity (Wildman–Crippen MR) is 62.0 cm³/mol. The predicted octanol–water partition coefficient (Wildman–Crippen LogP) is 1.10. The Kier molecular flexibility index (Phi) is 2.50. The van der Waals surface area contributed by atoms with Gasteiger partial charge in [-0.05, 0) is 31.8 Å². The highest BCUT2D eigenvalue weighted by Crippen LogP contribution is 2.27. The van der Waals surface area contributed by atoms with Crippen LogP contribution in [0.5, 0.6) is 0 Å². The van der Waals surface area contributed by atoms with Gasteiger partial charge in [-0.3, -0.25) is 4.90 Å². The number of hydrogen-bond donors (Lipinski definition) is 1. The summed E-state index contributed by atoms with van der Waals surface area (Å²) in [4.78, 5) is 7.09. The van der Waals surface area contributed by atoms with Crippen LogP contribution in [0.3, 0.4) is 0 Å². The fraction of sp³-hybridized carbons (Fsp3) is 0.727. The zero-order chi connectivity index (χ0) is 10.3. The number of nitrogens with one attached hydrogen (secondary N) is 1. The van der Waals surface area contributed by atoms with E-state index in [4.69, 9.17) is 0 Å². The Hall–Kier alpha value is -0.450. The van der Waals surface area contributed by atoms with Gasteiger partial charge in [0.1, 0.15) is 0 Å². The first kappa shape index (κ1) is 9.75. The molecule has 0 aliphatic carbocycles. The van der Waals surface area contributed by atoms with E-state index in [-0.39, 0.29) is 0 Å². The van der Waals surface area contributed by atoms with Crippen molar-refractivity contribution in [3.8, 4) is 0 Å². The fourth-order valence-corrected chi connectivity index (χ4v) is 3.40. The molecule has 0 radical (unpaired) electrons. The largest absolute Gasteiger partial charge is 0.316 e. The van der Waals surface area contributed by atoms with Crippen LogP contribution in [-0.4, -0.2) is 36.1 Å². The highest BCUT2D eigenvalue weighted by Gasteiger charge is 2.35. The molecule has 2 aliphatic heterocycles. The molecule has 0 spiro atoms. The smallest absolute Gasteiger partial charge is 0.0897 e. The van der Waals surface area contributed by atoms with Gasteiger partial charge >= 0.3 is 0 Å². The van der Waals surface area contributed by atoms with Gasteiger partial charge in [0.15, 0.2) is 0 Å². The highest BCUT2D eigenvalue weighted by atomic mass is 32.1. The molecule has 1 N–H and O–H groups in total. The Balaban J connectivity index is 1.61. The molecule has 1 aromatic heterocycles. The van der Waals surface area contributed by atoms with Crippen LogP contribution in [0.2, 0.25) is 0 Å². The molecule has 3 heterocycles. The first-order valence-corrected chi connectivity index (χ1v) is 6.53. The third kappa shape index (κ3) is 1.94. The maximum absolute atomic E-state index is 4.53. The summed E-state index contributed by atoms with van der Waals surface area (Å²) in [6.07, 6.45) is 0. The summed E-state index contributed by atoms with van der Waals surface area (Å²) in [6, 6.07) is 0. The van der Waals surface area contributed by atoms with Crippen molar-refractivity contribution in [3.05, 3.63) is 16.1 Å². The summed E-state index contributed by atoms with van der Waals surface area (Å²) >= 11 is 1.76. The number of hydrogen-bond acceptors (Lipinski definition) is 4. The maximum Gasteiger partial charge on any atom is 0.0897 e. The Bertz CT molecular complexity index is 337. The van der Waals surface area contributed by atoms with Gasteiger partial charge in [-0.2, -0.15) is 0 Å². The topological polar surface area (TPSA) is 28.2 Å². The lowest BCUT2D eigenvalue weighted by Crippen LogP contribution is -2.25. The average Bonchev–Trinajstić information content (AvgIpc) is 2.81. The summed E-state index contributed by atoms with van der Waals surface area (Å²) < 4.78 is 0. The lowest BCUT2D eigenvalue weighted by atomic mass is 10.0. The minimum atomic E-state index is 0.893. The van der Waals surface area contributed by atoms with Gasteiger partial charge in [-0.15, -0.1) is 11.3 Å². The lowest BCUT2D eigenvalue weighted by Gasteiger charge is -2.14. The number of nitrogens with zero attached hydrogens (tertiary/aromatic N) is 2. The molecule has 0 unspecified atom stereocenters. The van der Waals surface area contributed by atoms with Crippen LogP contribution >= 0.6 is 11.3 Å². The number of fused-ring (bicyclic) bond motifs is 1. The fourth-order valence-electron chi connectivity index (χ4n) is 2.79. The van der Waals surface area contributed by atoms with Gasteiger partial charge in [0.25, 0.3) is 0 Å². The highest BCUT2D eigenvalue weighted by molar-refractivity contribution is 7.09. The number of aromatic nitrogens is 1. The average molecular weight is 223 g/mol. The van der Waals surface area contributed by atoms with Gasteiger partial charge in [0.05, 0.1) is 10.7 Å². The van der Waals surface area contributed by atoms with Crippen molar-refractivity contribution in [2.45, 2.75) is 13.5 Å². The molecule has 0 bridgehead atoms. The van der Waals surface area contributed by atoms with E-state index in [1.54, 1.807) is 11.3 Å². The molecule has 0 aromatic carbocycles. The van der Waals surface area contributed by atoms with E-state index in [9.17, 15) is 0 Å². The van der Waals surface area contributed by atoms with Gasteiger partial charge in [-0.1, -0.05) is 0 Å². The van der Waals surface area contributed by atoms with E-state index in [2.05, 4.69) is 27.5 Å². The van der Waals surface area contributed by atoms with Crippen LogP contribution in [0, 0.1) is 18.8 Å². The number of rotatable bonds is 2. The van der Waals surface area contributed by atoms with E-state index in [0.717, 1.165) is 18.4 Å². The monoisotopic (exact) mass is 223 g/mol. The number of aryl methyl sites for hydroxylation is 1. The first-order valence-electron chi connectivity index (χ1n) is 5.65. The number of thiazole rings is 1. The summed E-state index contributed by atoms with van der Waals surface area (Å²) in [5.41, 5.74) is 1.26. The van der Waals surface area contributed by atoms with Crippen LogP contribution in [0.4, 0.5) is 0 Å². The third-order valence-corrected chi connectivity index (χ3v) is 4.34. The Morgan fingerprint density at radius 2 is 2.20 bits per heavy atom. The van der Waals surface area contributed by atoms with Gasteiger partial charge in [-0.25, -0.2) is 4.98 Å². The molecule has 0 amide bonds. The second kappa shape index (κ2) is 3.85. The van der Waals surface area contributed by atoms with E-state index >= 15 is 0 Å². The molecular formula is C11H17N3S.